The van der Waals surface area contributed by atoms with Crippen molar-refractivity contribution >= 4 is 20.0 Å². The topological polar surface area (TPSA) is 98.5 Å². The Labute approximate surface area is 137 Å². The van der Waals surface area contributed by atoms with Crippen molar-refractivity contribution in [3.63, 3.8) is 0 Å². The number of rotatable bonds is 4. The Balaban J connectivity index is 2.14. The van der Waals surface area contributed by atoms with E-state index in [1.807, 2.05) is 6.07 Å². The standard InChI is InChI=1S/C14H19N3O4S2/c1-16(22(2,18)19)13-6-8-17(9-7-13)23(20,21)14-5-3-4-12(10-14)11-15/h3-5,10,13H,6-9H2,1-2H3. The van der Waals surface area contributed by atoms with E-state index in [1.165, 1.54) is 33.9 Å². The van der Waals surface area contributed by atoms with Crippen LogP contribution in [0.5, 0.6) is 0 Å². The van der Waals surface area contributed by atoms with Crippen LogP contribution in [0.15, 0.2) is 29.2 Å². The Morgan fingerprint density at radius 2 is 1.83 bits per heavy atom. The van der Waals surface area contributed by atoms with Crippen LogP contribution >= 0.6 is 0 Å². The minimum atomic E-state index is -3.66. The summed E-state index contributed by atoms with van der Waals surface area (Å²) in [4.78, 5) is 0.0893. The largest absolute Gasteiger partial charge is 0.243 e. The molecule has 0 radical (unpaired) electrons. The van der Waals surface area contributed by atoms with Gasteiger partial charge in [-0.25, -0.2) is 21.1 Å². The second-order valence-corrected chi connectivity index (χ2v) is 9.53. The van der Waals surface area contributed by atoms with E-state index in [0.717, 1.165) is 6.26 Å². The molecule has 1 aliphatic heterocycles. The number of nitrogens with zero attached hydrogens (tertiary/aromatic N) is 3. The summed E-state index contributed by atoms with van der Waals surface area (Å²) < 4.78 is 51.0. The van der Waals surface area contributed by atoms with Crippen LogP contribution in [0.1, 0.15) is 18.4 Å². The van der Waals surface area contributed by atoms with Crippen molar-refractivity contribution in [1.29, 1.82) is 5.26 Å². The predicted octanol–water partition coefficient (Wildman–Crippen LogP) is 0.603. The van der Waals surface area contributed by atoms with Crippen LogP contribution in [0.25, 0.3) is 0 Å². The molecule has 0 amide bonds. The maximum atomic E-state index is 12.6. The zero-order valence-electron chi connectivity index (χ0n) is 13.0. The van der Waals surface area contributed by atoms with E-state index >= 15 is 0 Å². The Kier molecular flexibility index (Phi) is 5.10. The number of piperidine rings is 1. The van der Waals surface area contributed by atoms with Gasteiger partial charge in [0.05, 0.1) is 22.8 Å². The van der Waals surface area contributed by atoms with E-state index in [9.17, 15) is 16.8 Å². The van der Waals surface area contributed by atoms with E-state index in [-0.39, 0.29) is 29.6 Å². The molecule has 23 heavy (non-hydrogen) atoms. The summed E-state index contributed by atoms with van der Waals surface area (Å²) >= 11 is 0. The number of sulfonamides is 2. The zero-order valence-corrected chi connectivity index (χ0v) is 14.6. The SMILES string of the molecule is CN(C1CCN(S(=O)(=O)c2cccc(C#N)c2)CC1)S(C)(=O)=O. The fourth-order valence-electron chi connectivity index (χ4n) is 2.59. The first kappa shape index (κ1) is 17.9. The summed E-state index contributed by atoms with van der Waals surface area (Å²) in [6.45, 7) is 0.507. The highest BCUT2D eigenvalue weighted by atomic mass is 32.2. The van der Waals surface area contributed by atoms with Gasteiger partial charge in [0.25, 0.3) is 0 Å². The average Bonchev–Trinajstić information content (AvgIpc) is 2.53. The molecule has 0 aromatic heterocycles. The monoisotopic (exact) mass is 357 g/mol. The molecule has 7 nitrogen and oxygen atoms in total. The lowest BCUT2D eigenvalue weighted by atomic mass is 10.1. The molecular weight excluding hydrogens is 338 g/mol. The molecule has 1 aromatic carbocycles. The van der Waals surface area contributed by atoms with Gasteiger partial charge in [-0.1, -0.05) is 6.07 Å². The molecule has 1 aromatic rings. The van der Waals surface area contributed by atoms with Crippen molar-refractivity contribution in [1.82, 2.24) is 8.61 Å². The molecule has 126 valence electrons. The predicted molar refractivity (Wildman–Crippen MR) is 85.5 cm³/mol. The van der Waals surface area contributed by atoms with Crippen LogP contribution < -0.4 is 0 Å². The van der Waals surface area contributed by atoms with E-state index < -0.39 is 20.0 Å². The van der Waals surface area contributed by atoms with Crippen molar-refractivity contribution in [3.8, 4) is 6.07 Å². The Bertz CT molecular complexity index is 820. The lowest BCUT2D eigenvalue weighted by Gasteiger charge is -2.34. The van der Waals surface area contributed by atoms with Gasteiger partial charge in [-0.3, -0.25) is 0 Å². The molecule has 1 saturated heterocycles. The quantitative estimate of drug-likeness (QED) is 0.786. The number of hydrogen-bond acceptors (Lipinski definition) is 5. The minimum Gasteiger partial charge on any atom is -0.213 e. The summed E-state index contributed by atoms with van der Waals surface area (Å²) in [7, 11) is -5.44. The summed E-state index contributed by atoms with van der Waals surface area (Å²) in [5, 5.41) is 8.89. The molecule has 1 heterocycles. The summed E-state index contributed by atoms with van der Waals surface area (Å²) in [5.41, 5.74) is 0.290. The second-order valence-electron chi connectivity index (χ2n) is 5.55. The molecule has 0 atom stereocenters. The Morgan fingerprint density at radius 3 is 2.35 bits per heavy atom. The fraction of sp³-hybridized carbons (Fsp3) is 0.500. The second kappa shape index (κ2) is 6.57. The highest BCUT2D eigenvalue weighted by molar-refractivity contribution is 7.89. The van der Waals surface area contributed by atoms with Gasteiger partial charge in [0, 0.05) is 26.2 Å². The Hall–Kier alpha value is -1.47. The van der Waals surface area contributed by atoms with Crippen LogP contribution in [0.3, 0.4) is 0 Å². The highest BCUT2D eigenvalue weighted by Gasteiger charge is 2.33. The molecule has 0 bridgehead atoms. The Morgan fingerprint density at radius 1 is 1.22 bits per heavy atom. The van der Waals surface area contributed by atoms with Crippen LogP contribution in [0.4, 0.5) is 0 Å². The molecule has 9 heteroatoms. The van der Waals surface area contributed by atoms with Gasteiger partial charge in [0.1, 0.15) is 0 Å². The molecule has 1 aliphatic rings. The minimum absolute atomic E-state index is 0.0893. The molecular formula is C14H19N3O4S2. The van der Waals surface area contributed by atoms with E-state index in [2.05, 4.69) is 0 Å². The van der Waals surface area contributed by atoms with E-state index in [4.69, 9.17) is 5.26 Å². The molecule has 0 unspecified atom stereocenters. The first-order chi connectivity index (χ1) is 10.7. The summed E-state index contributed by atoms with van der Waals surface area (Å²) in [6, 6.07) is 7.63. The van der Waals surface area contributed by atoms with Gasteiger partial charge >= 0.3 is 0 Å². The lowest BCUT2D eigenvalue weighted by molar-refractivity contribution is 0.239. The maximum Gasteiger partial charge on any atom is 0.243 e. The van der Waals surface area contributed by atoms with Crippen LogP contribution in [-0.4, -0.2) is 57.9 Å². The van der Waals surface area contributed by atoms with Crippen molar-refractivity contribution in [2.75, 3.05) is 26.4 Å². The average molecular weight is 357 g/mol. The van der Waals surface area contributed by atoms with Gasteiger partial charge in [-0.2, -0.15) is 9.57 Å². The smallest absolute Gasteiger partial charge is 0.213 e. The van der Waals surface area contributed by atoms with Gasteiger partial charge in [-0.05, 0) is 31.0 Å². The van der Waals surface area contributed by atoms with E-state index in [0.29, 0.717) is 12.8 Å². The third-order valence-electron chi connectivity index (χ3n) is 4.06. The normalized spacial score (nSPS) is 18.0. The van der Waals surface area contributed by atoms with Crippen molar-refractivity contribution < 1.29 is 16.8 Å². The van der Waals surface area contributed by atoms with Gasteiger partial charge in [0.2, 0.25) is 20.0 Å². The van der Waals surface area contributed by atoms with Crippen molar-refractivity contribution in [2.24, 2.45) is 0 Å². The molecule has 0 saturated carbocycles. The molecule has 0 aliphatic carbocycles. The fourth-order valence-corrected chi connectivity index (χ4v) is 4.86. The first-order valence-electron chi connectivity index (χ1n) is 7.09. The summed E-state index contributed by atoms with van der Waals surface area (Å²) in [5.74, 6) is 0. The molecule has 1 fully saturated rings. The van der Waals surface area contributed by atoms with Gasteiger partial charge < -0.3 is 0 Å². The van der Waals surface area contributed by atoms with Crippen molar-refractivity contribution in [2.45, 2.75) is 23.8 Å². The molecule has 0 N–H and O–H groups in total. The third kappa shape index (κ3) is 3.90. The van der Waals surface area contributed by atoms with Gasteiger partial charge in [0.15, 0.2) is 0 Å². The van der Waals surface area contributed by atoms with Crippen LogP contribution in [-0.2, 0) is 20.0 Å². The van der Waals surface area contributed by atoms with Crippen molar-refractivity contribution in [3.05, 3.63) is 29.8 Å². The maximum absolute atomic E-state index is 12.6. The number of nitriles is 1. The van der Waals surface area contributed by atoms with E-state index in [1.54, 1.807) is 6.07 Å². The number of benzene rings is 1. The molecule has 2 rings (SSSR count). The van der Waals surface area contributed by atoms with Crippen LogP contribution in [0, 0.1) is 11.3 Å². The first-order valence-corrected chi connectivity index (χ1v) is 10.4. The number of hydrogen-bond donors (Lipinski definition) is 0. The summed E-state index contributed by atoms with van der Waals surface area (Å²) in [6.07, 6.45) is 2.03. The van der Waals surface area contributed by atoms with Gasteiger partial charge in [-0.15, -0.1) is 0 Å². The zero-order chi connectivity index (χ0) is 17.3. The third-order valence-corrected chi connectivity index (χ3v) is 7.30. The van der Waals surface area contributed by atoms with Crippen LogP contribution in [0.2, 0.25) is 0 Å². The highest BCUT2D eigenvalue weighted by Crippen LogP contribution is 2.24. The molecule has 0 spiro atoms. The lowest BCUT2D eigenvalue weighted by Crippen LogP contribution is -2.46.